The van der Waals surface area contributed by atoms with E-state index in [4.69, 9.17) is 16.1 Å². The van der Waals surface area contributed by atoms with Crippen molar-refractivity contribution in [2.75, 3.05) is 19.6 Å². The lowest BCUT2D eigenvalue weighted by molar-refractivity contribution is 0.0906. The molecule has 6 heteroatoms. The lowest BCUT2D eigenvalue weighted by Gasteiger charge is -2.33. The molecule has 1 amide bonds. The van der Waals surface area contributed by atoms with E-state index >= 15 is 0 Å². The Morgan fingerprint density at radius 1 is 1.35 bits per heavy atom. The number of amides is 1. The molecule has 26 heavy (non-hydrogen) atoms. The summed E-state index contributed by atoms with van der Waals surface area (Å²) in [7, 11) is 0. The van der Waals surface area contributed by atoms with E-state index in [0.717, 1.165) is 32.5 Å². The first-order valence-corrected chi connectivity index (χ1v) is 9.58. The molecule has 0 aliphatic carbocycles. The smallest absolute Gasteiger partial charge is 0.257 e. The zero-order chi connectivity index (χ0) is 18.7. The van der Waals surface area contributed by atoms with Crippen molar-refractivity contribution in [3.8, 4) is 11.3 Å². The number of nitrogens with one attached hydrogen (secondary N) is 1. The molecule has 1 N–H and O–H groups in total. The maximum absolute atomic E-state index is 12.9. The Morgan fingerprint density at radius 2 is 2.04 bits per heavy atom. The van der Waals surface area contributed by atoms with Crippen molar-refractivity contribution in [1.82, 2.24) is 15.4 Å². The minimum Gasteiger partial charge on any atom is -0.360 e. The molecule has 1 aliphatic rings. The second kappa shape index (κ2) is 8.23. The predicted molar refractivity (Wildman–Crippen MR) is 103 cm³/mol. The largest absolute Gasteiger partial charge is 0.360 e. The predicted octanol–water partition coefficient (Wildman–Crippen LogP) is 4.15. The van der Waals surface area contributed by atoms with Gasteiger partial charge in [-0.3, -0.25) is 4.79 Å². The Labute approximate surface area is 159 Å². The molecule has 0 bridgehead atoms. The van der Waals surface area contributed by atoms with Gasteiger partial charge in [0.25, 0.3) is 5.91 Å². The lowest BCUT2D eigenvalue weighted by atomic mass is 10.0. The molecule has 140 valence electrons. The fourth-order valence-electron chi connectivity index (χ4n) is 3.51. The van der Waals surface area contributed by atoms with E-state index in [1.54, 1.807) is 13.0 Å². The molecule has 1 fully saturated rings. The van der Waals surface area contributed by atoms with E-state index in [2.05, 4.69) is 29.2 Å². The Morgan fingerprint density at radius 3 is 2.69 bits per heavy atom. The van der Waals surface area contributed by atoms with Gasteiger partial charge in [0.15, 0.2) is 0 Å². The molecule has 1 aromatic carbocycles. The average Bonchev–Trinajstić information content (AvgIpc) is 2.98. The van der Waals surface area contributed by atoms with E-state index < -0.39 is 0 Å². The Balaban J connectivity index is 1.70. The van der Waals surface area contributed by atoms with Crippen LogP contribution in [0, 0.1) is 12.8 Å². The van der Waals surface area contributed by atoms with Crippen LogP contribution in [0.1, 0.15) is 42.8 Å². The second-order valence-corrected chi connectivity index (χ2v) is 7.79. The molecule has 5 nitrogen and oxygen atoms in total. The van der Waals surface area contributed by atoms with E-state index in [1.807, 2.05) is 18.2 Å². The number of aryl methyl sites for hydroxylation is 1. The number of carbonyl (C=O) groups excluding carboxylic acids is 1. The normalized spacial score (nSPS) is 16.2. The molecular weight excluding hydrogens is 350 g/mol. The molecule has 1 aliphatic heterocycles. The summed E-state index contributed by atoms with van der Waals surface area (Å²) in [6, 6.07) is 7.54. The maximum atomic E-state index is 12.9. The fourth-order valence-corrected chi connectivity index (χ4v) is 3.74. The first kappa shape index (κ1) is 18.9. The Hall–Kier alpha value is -1.85. The van der Waals surface area contributed by atoms with Gasteiger partial charge in [-0.05, 0) is 31.7 Å². The summed E-state index contributed by atoms with van der Waals surface area (Å²) in [6.45, 7) is 9.37. The topological polar surface area (TPSA) is 58.4 Å². The SMILES string of the molecule is Cc1onc(-c2ccccc2Cl)c1C(=O)NC1CCN(CC(C)C)CC1. The van der Waals surface area contributed by atoms with Crippen LogP contribution in [-0.4, -0.2) is 41.6 Å². The quantitative estimate of drug-likeness (QED) is 0.852. The van der Waals surface area contributed by atoms with Crippen LogP contribution in [0.3, 0.4) is 0 Å². The van der Waals surface area contributed by atoms with Crippen LogP contribution in [0.5, 0.6) is 0 Å². The summed E-state index contributed by atoms with van der Waals surface area (Å²) < 4.78 is 5.30. The molecule has 1 aromatic heterocycles. The first-order valence-electron chi connectivity index (χ1n) is 9.20. The van der Waals surface area contributed by atoms with Gasteiger partial charge in [0.05, 0.1) is 5.02 Å². The van der Waals surface area contributed by atoms with Crippen molar-refractivity contribution in [3.63, 3.8) is 0 Å². The molecule has 0 saturated carbocycles. The highest BCUT2D eigenvalue weighted by Gasteiger charge is 2.26. The number of hydrogen-bond acceptors (Lipinski definition) is 4. The standard InChI is InChI=1S/C20H26ClN3O2/c1-13(2)12-24-10-8-15(9-11-24)22-20(25)18-14(3)26-23-19(18)16-6-4-5-7-17(16)21/h4-7,13,15H,8-12H2,1-3H3,(H,22,25). The highest BCUT2D eigenvalue weighted by molar-refractivity contribution is 6.33. The van der Waals surface area contributed by atoms with Gasteiger partial charge in [0.2, 0.25) is 0 Å². The summed E-state index contributed by atoms with van der Waals surface area (Å²) in [5, 5.41) is 7.79. The number of halogens is 1. The van der Waals surface area contributed by atoms with Crippen molar-refractivity contribution >= 4 is 17.5 Å². The van der Waals surface area contributed by atoms with Crippen molar-refractivity contribution < 1.29 is 9.32 Å². The first-order chi connectivity index (χ1) is 12.5. The van der Waals surface area contributed by atoms with Gasteiger partial charge in [0, 0.05) is 31.2 Å². The van der Waals surface area contributed by atoms with Crippen LogP contribution in [-0.2, 0) is 0 Å². The second-order valence-electron chi connectivity index (χ2n) is 7.38. The van der Waals surface area contributed by atoms with Gasteiger partial charge < -0.3 is 14.7 Å². The van der Waals surface area contributed by atoms with Gasteiger partial charge in [-0.15, -0.1) is 0 Å². The van der Waals surface area contributed by atoms with E-state index in [9.17, 15) is 4.79 Å². The molecule has 2 heterocycles. The number of aromatic nitrogens is 1. The van der Waals surface area contributed by atoms with Crippen LogP contribution >= 0.6 is 11.6 Å². The molecule has 0 atom stereocenters. The van der Waals surface area contributed by atoms with Crippen molar-refractivity contribution in [1.29, 1.82) is 0 Å². The molecule has 1 saturated heterocycles. The third-order valence-electron chi connectivity index (χ3n) is 4.76. The zero-order valence-electron chi connectivity index (χ0n) is 15.6. The van der Waals surface area contributed by atoms with Gasteiger partial charge >= 0.3 is 0 Å². The fraction of sp³-hybridized carbons (Fsp3) is 0.500. The molecule has 0 spiro atoms. The summed E-state index contributed by atoms with van der Waals surface area (Å²) in [5.41, 5.74) is 1.69. The van der Waals surface area contributed by atoms with Crippen LogP contribution in [0.4, 0.5) is 0 Å². The Kier molecular flexibility index (Phi) is 5.99. The van der Waals surface area contributed by atoms with E-state index in [0.29, 0.717) is 33.5 Å². The lowest BCUT2D eigenvalue weighted by Crippen LogP contribution is -2.45. The minimum absolute atomic E-state index is 0.138. The summed E-state index contributed by atoms with van der Waals surface area (Å²) in [5.74, 6) is 1.04. The summed E-state index contributed by atoms with van der Waals surface area (Å²) in [6.07, 6.45) is 1.93. The van der Waals surface area contributed by atoms with Crippen molar-refractivity contribution in [2.45, 2.75) is 39.7 Å². The van der Waals surface area contributed by atoms with Gasteiger partial charge in [-0.2, -0.15) is 0 Å². The average molecular weight is 376 g/mol. The molecule has 2 aromatic rings. The van der Waals surface area contributed by atoms with Crippen LogP contribution < -0.4 is 5.32 Å². The number of benzene rings is 1. The van der Waals surface area contributed by atoms with Gasteiger partial charge in [-0.1, -0.05) is 48.8 Å². The molecule has 3 rings (SSSR count). The van der Waals surface area contributed by atoms with Crippen molar-refractivity contribution in [2.24, 2.45) is 5.92 Å². The van der Waals surface area contributed by atoms with Crippen LogP contribution in [0.25, 0.3) is 11.3 Å². The number of rotatable bonds is 5. The number of hydrogen-bond donors (Lipinski definition) is 1. The van der Waals surface area contributed by atoms with Crippen molar-refractivity contribution in [3.05, 3.63) is 40.6 Å². The van der Waals surface area contributed by atoms with Gasteiger partial charge in [-0.25, -0.2) is 0 Å². The monoisotopic (exact) mass is 375 g/mol. The number of nitrogens with zero attached hydrogens (tertiary/aromatic N) is 2. The third kappa shape index (κ3) is 4.27. The van der Waals surface area contributed by atoms with Crippen LogP contribution in [0.15, 0.2) is 28.8 Å². The summed E-state index contributed by atoms with van der Waals surface area (Å²) >= 11 is 6.28. The number of likely N-dealkylation sites (tertiary alicyclic amines) is 1. The third-order valence-corrected chi connectivity index (χ3v) is 5.09. The highest BCUT2D eigenvalue weighted by atomic mass is 35.5. The maximum Gasteiger partial charge on any atom is 0.257 e. The van der Waals surface area contributed by atoms with E-state index in [-0.39, 0.29) is 11.9 Å². The van der Waals surface area contributed by atoms with Crippen LogP contribution in [0.2, 0.25) is 5.02 Å². The molecule has 0 radical (unpaired) electrons. The Bertz CT molecular complexity index is 764. The molecular formula is C20H26ClN3O2. The number of piperidine rings is 1. The minimum atomic E-state index is -0.138. The number of carbonyl (C=O) groups is 1. The zero-order valence-corrected chi connectivity index (χ0v) is 16.3. The summed E-state index contributed by atoms with van der Waals surface area (Å²) in [4.78, 5) is 15.4. The van der Waals surface area contributed by atoms with E-state index in [1.165, 1.54) is 0 Å². The van der Waals surface area contributed by atoms with Gasteiger partial charge in [0.1, 0.15) is 17.0 Å². The molecule has 0 unspecified atom stereocenters. The highest BCUT2D eigenvalue weighted by Crippen LogP contribution is 2.31.